The third kappa shape index (κ3) is 6.50. The van der Waals surface area contributed by atoms with Crippen LogP contribution in [0, 0.1) is 0 Å². The molecule has 0 spiro atoms. The highest BCUT2D eigenvalue weighted by atomic mass is 35.5. The highest BCUT2D eigenvalue weighted by molar-refractivity contribution is 7.90. The molecule has 0 saturated carbocycles. The summed E-state index contributed by atoms with van der Waals surface area (Å²) in [4.78, 5) is 24.9. The Balaban J connectivity index is 2.12. The van der Waals surface area contributed by atoms with Gasteiger partial charge in [0, 0.05) is 22.5 Å². The first-order valence-corrected chi connectivity index (χ1v) is 10.3. The van der Waals surface area contributed by atoms with Gasteiger partial charge in [-0.05, 0) is 42.8 Å². The predicted octanol–water partition coefficient (Wildman–Crippen LogP) is 2.51. The van der Waals surface area contributed by atoms with Crippen LogP contribution >= 0.6 is 11.6 Å². The Bertz CT molecular complexity index is 868. The van der Waals surface area contributed by atoms with Gasteiger partial charge in [-0.15, -0.1) is 0 Å². The molecule has 0 fully saturated rings. The Morgan fingerprint density at radius 2 is 1.65 bits per heavy atom. The van der Waals surface area contributed by atoms with Gasteiger partial charge in [-0.1, -0.05) is 29.8 Å². The minimum Gasteiger partial charge on any atom is -0.340 e. The zero-order valence-electron chi connectivity index (χ0n) is 14.1. The number of carbonyl (C=O) groups is 2. The minimum absolute atomic E-state index is 0.0309. The van der Waals surface area contributed by atoms with Crippen molar-refractivity contribution in [2.24, 2.45) is 0 Å². The van der Waals surface area contributed by atoms with Crippen LogP contribution in [-0.4, -0.2) is 38.3 Å². The molecule has 2 rings (SSSR count). The number of sulfone groups is 1. The van der Waals surface area contributed by atoms with Crippen molar-refractivity contribution >= 4 is 38.9 Å². The zero-order valence-corrected chi connectivity index (χ0v) is 15.7. The van der Waals surface area contributed by atoms with Crippen molar-refractivity contribution in [2.45, 2.75) is 12.5 Å². The Morgan fingerprint density at radius 3 is 2.23 bits per heavy atom. The second-order valence-corrected chi connectivity index (χ2v) is 8.50. The van der Waals surface area contributed by atoms with Crippen molar-refractivity contribution in [3.8, 4) is 0 Å². The molecule has 0 bridgehead atoms. The number of anilines is 1. The summed E-state index contributed by atoms with van der Waals surface area (Å²) in [5.74, 6) is -1.17. The van der Waals surface area contributed by atoms with Crippen LogP contribution in [0.1, 0.15) is 16.8 Å². The molecule has 26 heavy (non-hydrogen) atoms. The average molecular weight is 395 g/mol. The molecule has 0 aliphatic rings. The van der Waals surface area contributed by atoms with Crippen LogP contribution in [0.2, 0.25) is 5.02 Å². The van der Waals surface area contributed by atoms with E-state index in [0.717, 1.165) is 6.26 Å². The molecule has 1 atom stereocenters. The Morgan fingerprint density at radius 1 is 1.04 bits per heavy atom. The summed E-state index contributed by atoms with van der Waals surface area (Å²) in [6, 6.07) is 13.9. The van der Waals surface area contributed by atoms with E-state index in [1.54, 1.807) is 54.6 Å². The fourth-order valence-corrected chi connectivity index (χ4v) is 2.98. The lowest BCUT2D eigenvalue weighted by molar-refractivity contribution is -0.118. The lowest BCUT2D eigenvalue weighted by Gasteiger charge is -2.18. The quantitative estimate of drug-likeness (QED) is 0.754. The lowest BCUT2D eigenvalue weighted by atomic mass is 10.1. The van der Waals surface area contributed by atoms with E-state index in [4.69, 9.17) is 11.6 Å². The van der Waals surface area contributed by atoms with Gasteiger partial charge in [-0.3, -0.25) is 9.59 Å². The summed E-state index contributed by atoms with van der Waals surface area (Å²) in [5, 5.41) is 5.77. The van der Waals surface area contributed by atoms with Crippen LogP contribution in [0.5, 0.6) is 0 Å². The fourth-order valence-electron chi connectivity index (χ4n) is 2.19. The fraction of sp³-hybridized carbons (Fsp3) is 0.222. The van der Waals surface area contributed by atoms with Crippen molar-refractivity contribution in [2.75, 3.05) is 17.3 Å². The first-order chi connectivity index (χ1) is 12.2. The van der Waals surface area contributed by atoms with Crippen molar-refractivity contribution in [1.29, 1.82) is 0 Å². The number of hydrogen-bond donors (Lipinski definition) is 2. The van der Waals surface area contributed by atoms with Crippen LogP contribution in [0.25, 0.3) is 0 Å². The van der Waals surface area contributed by atoms with Crippen LogP contribution in [0.3, 0.4) is 0 Å². The molecule has 138 valence electrons. The largest absolute Gasteiger partial charge is 0.340 e. The maximum atomic E-state index is 12.5. The number of halogens is 1. The summed E-state index contributed by atoms with van der Waals surface area (Å²) in [6.45, 7) is 0. The SMILES string of the molecule is CS(=O)(=O)CC[C@H](NC(=O)c1ccccc1)C(=O)Nc1ccc(Cl)cc1. The summed E-state index contributed by atoms with van der Waals surface area (Å²) < 4.78 is 22.9. The molecule has 0 radical (unpaired) electrons. The van der Waals surface area contributed by atoms with Gasteiger partial charge in [0.05, 0.1) is 5.75 Å². The molecule has 0 saturated heterocycles. The second-order valence-electron chi connectivity index (χ2n) is 5.81. The number of hydrogen-bond acceptors (Lipinski definition) is 4. The first-order valence-electron chi connectivity index (χ1n) is 7.85. The molecule has 0 aliphatic heterocycles. The van der Waals surface area contributed by atoms with E-state index in [-0.39, 0.29) is 12.2 Å². The lowest BCUT2D eigenvalue weighted by Crippen LogP contribution is -2.44. The van der Waals surface area contributed by atoms with E-state index in [1.807, 2.05) is 0 Å². The Kier molecular flexibility index (Phi) is 6.76. The average Bonchev–Trinajstić information content (AvgIpc) is 2.60. The molecule has 2 N–H and O–H groups in total. The highest BCUT2D eigenvalue weighted by Crippen LogP contribution is 2.14. The van der Waals surface area contributed by atoms with Gasteiger partial charge in [0.2, 0.25) is 5.91 Å². The van der Waals surface area contributed by atoms with Gasteiger partial charge in [0.25, 0.3) is 5.91 Å². The minimum atomic E-state index is -3.28. The summed E-state index contributed by atoms with van der Waals surface area (Å²) in [7, 11) is -3.28. The summed E-state index contributed by atoms with van der Waals surface area (Å²) >= 11 is 5.81. The van der Waals surface area contributed by atoms with E-state index in [9.17, 15) is 18.0 Å². The number of carbonyl (C=O) groups excluding carboxylic acids is 2. The van der Waals surface area contributed by atoms with Gasteiger partial charge in [-0.25, -0.2) is 8.42 Å². The molecule has 0 aromatic heterocycles. The van der Waals surface area contributed by atoms with Crippen molar-refractivity contribution in [1.82, 2.24) is 5.32 Å². The van der Waals surface area contributed by atoms with Crippen LogP contribution in [0.15, 0.2) is 54.6 Å². The molecule has 2 amide bonds. The number of benzene rings is 2. The maximum absolute atomic E-state index is 12.5. The van der Waals surface area contributed by atoms with Gasteiger partial charge in [0.15, 0.2) is 0 Å². The van der Waals surface area contributed by atoms with Gasteiger partial charge < -0.3 is 10.6 Å². The normalized spacial score (nSPS) is 12.2. The van der Waals surface area contributed by atoms with Crippen molar-refractivity contribution < 1.29 is 18.0 Å². The van der Waals surface area contributed by atoms with Crippen molar-refractivity contribution in [3.05, 3.63) is 65.2 Å². The molecule has 0 unspecified atom stereocenters. The predicted molar refractivity (Wildman–Crippen MR) is 102 cm³/mol. The van der Waals surface area contributed by atoms with E-state index in [2.05, 4.69) is 10.6 Å². The monoisotopic (exact) mass is 394 g/mol. The molecule has 6 nitrogen and oxygen atoms in total. The Labute approximate surface area is 157 Å². The molecule has 8 heteroatoms. The molecule has 2 aromatic rings. The molecule has 0 heterocycles. The van der Waals surface area contributed by atoms with E-state index in [1.165, 1.54) is 0 Å². The third-order valence-corrected chi connectivity index (χ3v) is 4.78. The molecular formula is C18H19ClN2O4S. The van der Waals surface area contributed by atoms with Gasteiger partial charge >= 0.3 is 0 Å². The molecular weight excluding hydrogens is 376 g/mol. The number of nitrogens with one attached hydrogen (secondary N) is 2. The summed E-state index contributed by atoms with van der Waals surface area (Å²) in [5.41, 5.74) is 0.883. The topological polar surface area (TPSA) is 92.3 Å². The van der Waals surface area contributed by atoms with Crippen LogP contribution in [0.4, 0.5) is 5.69 Å². The standard InChI is InChI=1S/C18H19ClN2O4S/c1-26(24,25)12-11-16(21-17(22)13-5-3-2-4-6-13)18(23)20-15-9-7-14(19)8-10-15/h2-10,16H,11-12H2,1H3,(H,20,23)(H,21,22)/t16-/m0/s1. The van der Waals surface area contributed by atoms with E-state index >= 15 is 0 Å². The van der Waals surface area contributed by atoms with Crippen molar-refractivity contribution in [3.63, 3.8) is 0 Å². The maximum Gasteiger partial charge on any atom is 0.251 e. The Hall–Kier alpha value is -2.38. The number of rotatable bonds is 7. The van der Waals surface area contributed by atoms with Gasteiger partial charge in [0.1, 0.15) is 15.9 Å². The van der Waals surface area contributed by atoms with Crippen LogP contribution < -0.4 is 10.6 Å². The molecule has 2 aromatic carbocycles. The third-order valence-electron chi connectivity index (χ3n) is 3.55. The number of amides is 2. The smallest absolute Gasteiger partial charge is 0.251 e. The highest BCUT2D eigenvalue weighted by Gasteiger charge is 2.23. The van der Waals surface area contributed by atoms with E-state index < -0.39 is 27.7 Å². The van der Waals surface area contributed by atoms with Gasteiger partial charge in [-0.2, -0.15) is 0 Å². The zero-order chi connectivity index (χ0) is 19.2. The van der Waals surface area contributed by atoms with Crippen LogP contribution in [-0.2, 0) is 14.6 Å². The first kappa shape index (κ1) is 19.9. The summed E-state index contributed by atoms with van der Waals surface area (Å²) in [6.07, 6.45) is 1.05. The molecule has 0 aliphatic carbocycles. The second kappa shape index (κ2) is 8.82. The van der Waals surface area contributed by atoms with E-state index in [0.29, 0.717) is 16.3 Å².